The van der Waals surface area contributed by atoms with E-state index in [0.717, 1.165) is 33.2 Å². The minimum absolute atomic E-state index is 0.0869. The van der Waals surface area contributed by atoms with Gasteiger partial charge >= 0.3 is 5.97 Å². The molecule has 2 N–H and O–H groups in total. The normalized spacial score (nSPS) is 13.2. The number of benzene rings is 4. The molecule has 0 aliphatic carbocycles. The molecule has 1 aliphatic rings. The number of amides is 1. The van der Waals surface area contributed by atoms with Gasteiger partial charge in [-0.1, -0.05) is 72.8 Å². The lowest BCUT2D eigenvalue weighted by Gasteiger charge is -2.27. The molecule has 1 aliphatic heterocycles. The first-order valence-corrected chi connectivity index (χ1v) is 13.2. The first kappa shape index (κ1) is 25.0. The molecule has 4 aromatic rings. The second-order valence-electron chi connectivity index (χ2n) is 8.59. The average molecular weight is 618 g/mol. The summed E-state index contributed by atoms with van der Waals surface area (Å²) in [7, 11) is 0. The van der Waals surface area contributed by atoms with Gasteiger partial charge in [0.1, 0.15) is 0 Å². The Kier molecular flexibility index (Phi) is 7.26. The Balaban J connectivity index is 1.48. The fourth-order valence-corrected chi connectivity index (χ4v) is 5.46. The number of nitrogens with one attached hydrogen (secondary N) is 1. The van der Waals surface area contributed by atoms with E-state index in [4.69, 9.17) is 0 Å². The summed E-state index contributed by atoms with van der Waals surface area (Å²) in [6.45, 7) is 0.910. The van der Waals surface area contributed by atoms with Crippen LogP contribution in [0.25, 0.3) is 16.3 Å². The van der Waals surface area contributed by atoms with Crippen molar-refractivity contribution in [3.8, 4) is 0 Å². The summed E-state index contributed by atoms with van der Waals surface area (Å²) in [6, 6.07) is 27.5. The maximum absolute atomic E-state index is 13.5. The van der Waals surface area contributed by atoms with Gasteiger partial charge in [0.25, 0.3) is 5.91 Å². The minimum atomic E-state index is -1.07. The van der Waals surface area contributed by atoms with Gasteiger partial charge in [-0.15, -0.1) is 0 Å². The first-order chi connectivity index (χ1) is 17.9. The summed E-state index contributed by atoms with van der Waals surface area (Å²) in [5, 5.41) is 15.2. The van der Waals surface area contributed by atoms with Crippen molar-refractivity contribution >= 4 is 65.8 Å². The maximum Gasteiger partial charge on any atom is 0.336 e. The van der Waals surface area contributed by atoms with Crippen LogP contribution in [0, 0.1) is 0 Å². The van der Waals surface area contributed by atoms with E-state index in [9.17, 15) is 14.7 Å². The molecule has 0 atom stereocenters. The number of carboxylic acids is 1. The Bertz CT molecular complexity index is 1570. The lowest BCUT2D eigenvalue weighted by molar-refractivity contribution is 0.0694. The van der Waals surface area contributed by atoms with Gasteiger partial charge in [-0.2, -0.15) is 0 Å². The molecule has 37 heavy (non-hydrogen) atoms. The van der Waals surface area contributed by atoms with E-state index in [1.54, 1.807) is 11.0 Å². The monoisotopic (exact) mass is 616 g/mol. The zero-order chi connectivity index (χ0) is 25.9. The van der Waals surface area contributed by atoms with Gasteiger partial charge in [0, 0.05) is 39.3 Å². The Hall–Kier alpha value is -3.68. The van der Waals surface area contributed by atoms with Crippen LogP contribution in [-0.2, 0) is 0 Å². The molecule has 0 spiro atoms. The fraction of sp³-hybridized carbons (Fsp3) is 0.0667. The second-order valence-corrected chi connectivity index (χ2v) is 10.3. The van der Waals surface area contributed by atoms with Crippen LogP contribution in [0.3, 0.4) is 0 Å². The molecular weight excluding hydrogens is 596 g/mol. The summed E-state index contributed by atoms with van der Waals surface area (Å²) in [5.74, 6) is -1.29. The smallest absolute Gasteiger partial charge is 0.336 e. The Morgan fingerprint density at radius 3 is 2.32 bits per heavy atom. The Morgan fingerprint density at radius 1 is 0.865 bits per heavy atom. The number of carbonyl (C=O) groups is 2. The lowest BCUT2D eigenvalue weighted by atomic mass is 9.95. The highest BCUT2D eigenvalue weighted by Gasteiger charge is 2.24. The third-order valence-corrected chi connectivity index (χ3v) is 7.58. The van der Waals surface area contributed by atoms with E-state index in [1.807, 2.05) is 42.6 Å². The summed E-state index contributed by atoms with van der Waals surface area (Å²) >= 11 is 6.67. The van der Waals surface area contributed by atoms with Gasteiger partial charge in [0.05, 0.1) is 11.1 Å². The second kappa shape index (κ2) is 10.7. The van der Waals surface area contributed by atoms with Crippen LogP contribution in [0.1, 0.15) is 26.3 Å². The van der Waals surface area contributed by atoms with Crippen molar-refractivity contribution in [1.82, 2.24) is 4.90 Å². The molecule has 5 nitrogen and oxygen atoms in total. The molecule has 1 amide bonds. The first-order valence-electron chi connectivity index (χ1n) is 11.6. The average Bonchev–Trinajstić information content (AvgIpc) is 2.92. The van der Waals surface area contributed by atoms with Gasteiger partial charge in [0.15, 0.2) is 0 Å². The van der Waals surface area contributed by atoms with E-state index < -0.39 is 5.97 Å². The van der Waals surface area contributed by atoms with E-state index in [2.05, 4.69) is 79.7 Å². The summed E-state index contributed by atoms with van der Waals surface area (Å²) in [5.41, 5.74) is 4.60. The predicted molar refractivity (Wildman–Crippen MR) is 155 cm³/mol. The third-order valence-electron chi connectivity index (χ3n) is 6.27. The number of hydrogen-bond donors (Lipinski definition) is 2. The molecule has 7 heteroatoms. The van der Waals surface area contributed by atoms with Crippen LogP contribution < -0.4 is 5.32 Å². The van der Waals surface area contributed by atoms with Crippen LogP contribution in [0.5, 0.6) is 0 Å². The molecular formula is C30H22Br2N2O3. The van der Waals surface area contributed by atoms with Crippen molar-refractivity contribution in [2.45, 2.75) is 0 Å². The fourth-order valence-electron chi connectivity index (χ4n) is 4.43. The molecule has 0 unspecified atom stereocenters. The number of carboxylic acid groups (broad SMARTS) is 1. The SMILES string of the molecule is O=C(O)c1cc(Br)c(C(=O)N2C=C(CNc3cccc4ccccc34)C(c3ccccc3)=CC2)cc1Br. The van der Waals surface area contributed by atoms with E-state index >= 15 is 0 Å². The summed E-state index contributed by atoms with van der Waals surface area (Å²) in [4.78, 5) is 26.6. The van der Waals surface area contributed by atoms with Gasteiger partial charge in [-0.05, 0) is 72.2 Å². The standard InChI is InChI=1S/C30H22Br2N2O3/c31-26-16-25(30(36)37)27(32)15-24(26)29(35)34-14-13-22(19-7-2-1-3-8-19)21(18-34)17-33-28-12-6-10-20-9-4-5-11-23(20)28/h1-13,15-16,18,33H,14,17H2,(H,36,37). The quantitative estimate of drug-likeness (QED) is 0.234. The number of hydrogen-bond acceptors (Lipinski definition) is 3. The van der Waals surface area contributed by atoms with Crippen LogP contribution in [-0.4, -0.2) is 35.0 Å². The molecule has 0 bridgehead atoms. The molecule has 0 fully saturated rings. The number of rotatable bonds is 6. The maximum atomic E-state index is 13.5. The van der Waals surface area contributed by atoms with E-state index in [1.165, 1.54) is 6.07 Å². The summed E-state index contributed by atoms with van der Waals surface area (Å²) in [6.07, 6.45) is 3.94. The van der Waals surface area contributed by atoms with Crippen molar-refractivity contribution in [2.24, 2.45) is 0 Å². The Morgan fingerprint density at radius 2 is 1.54 bits per heavy atom. The number of aromatic carboxylic acids is 1. The number of carbonyl (C=O) groups excluding carboxylic acids is 1. The van der Waals surface area contributed by atoms with Gasteiger partial charge in [-0.25, -0.2) is 4.79 Å². The van der Waals surface area contributed by atoms with Gasteiger partial charge in [0.2, 0.25) is 0 Å². The van der Waals surface area contributed by atoms with Crippen molar-refractivity contribution in [2.75, 3.05) is 18.4 Å². The van der Waals surface area contributed by atoms with Crippen molar-refractivity contribution in [3.63, 3.8) is 0 Å². The van der Waals surface area contributed by atoms with Crippen LogP contribution in [0.2, 0.25) is 0 Å². The Labute approximate surface area is 231 Å². The van der Waals surface area contributed by atoms with Crippen LogP contribution in [0.4, 0.5) is 5.69 Å². The number of halogens is 2. The zero-order valence-electron chi connectivity index (χ0n) is 19.6. The van der Waals surface area contributed by atoms with Crippen molar-refractivity contribution < 1.29 is 14.7 Å². The summed E-state index contributed by atoms with van der Waals surface area (Å²) < 4.78 is 0.783. The number of nitrogens with zero attached hydrogens (tertiary/aromatic N) is 1. The predicted octanol–water partition coefficient (Wildman–Crippen LogP) is 7.60. The van der Waals surface area contributed by atoms with Gasteiger partial charge < -0.3 is 15.3 Å². The molecule has 0 saturated heterocycles. The molecule has 0 saturated carbocycles. The molecule has 0 radical (unpaired) electrons. The number of anilines is 1. The minimum Gasteiger partial charge on any atom is -0.478 e. The van der Waals surface area contributed by atoms with Crippen molar-refractivity contribution in [1.29, 1.82) is 0 Å². The molecule has 5 rings (SSSR count). The lowest BCUT2D eigenvalue weighted by Crippen LogP contribution is -2.30. The third kappa shape index (κ3) is 5.24. The number of fused-ring (bicyclic) bond motifs is 1. The van der Waals surface area contributed by atoms with Gasteiger partial charge in [-0.3, -0.25) is 4.79 Å². The zero-order valence-corrected chi connectivity index (χ0v) is 22.8. The molecule has 0 aromatic heterocycles. The highest BCUT2D eigenvalue weighted by atomic mass is 79.9. The highest BCUT2D eigenvalue weighted by molar-refractivity contribution is 9.11. The largest absolute Gasteiger partial charge is 0.478 e. The topological polar surface area (TPSA) is 69.6 Å². The van der Waals surface area contributed by atoms with Crippen LogP contribution >= 0.6 is 31.9 Å². The molecule has 184 valence electrons. The molecule has 1 heterocycles. The van der Waals surface area contributed by atoms with Crippen molar-refractivity contribution in [3.05, 3.63) is 128 Å². The highest BCUT2D eigenvalue weighted by Crippen LogP contribution is 2.32. The van der Waals surface area contributed by atoms with Crippen LogP contribution in [0.15, 0.2) is 112 Å². The molecule has 4 aromatic carbocycles. The van der Waals surface area contributed by atoms with E-state index in [-0.39, 0.29) is 11.5 Å². The van der Waals surface area contributed by atoms with E-state index in [0.29, 0.717) is 27.6 Å².